The normalized spacial score (nSPS) is 14.8. The van der Waals surface area contributed by atoms with Crippen molar-refractivity contribution >= 4 is 22.6 Å². The topological polar surface area (TPSA) is 3.24 Å². The van der Waals surface area contributed by atoms with E-state index in [1.807, 2.05) is 0 Å². The van der Waals surface area contributed by atoms with Crippen LogP contribution in [-0.2, 0) is 10.8 Å². The zero-order valence-electron chi connectivity index (χ0n) is 35.6. The molecule has 0 saturated heterocycles. The minimum Gasteiger partial charge on any atom is -0.310 e. The van der Waals surface area contributed by atoms with Crippen molar-refractivity contribution in [3.05, 3.63) is 287 Å². The molecule has 300 valence electrons. The minimum atomic E-state index is -0.529. The monoisotopic (exact) mass is 813 g/mol. The van der Waals surface area contributed by atoms with Crippen LogP contribution in [0.2, 0.25) is 0 Å². The summed E-state index contributed by atoms with van der Waals surface area (Å²) in [5.74, 6) is 0. The van der Waals surface area contributed by atoms with Gasteiger partial charge in [0.2, 0.25) is 0 Å². The lowest BCUT2D eigenvalue weighted by atomic mass is 9.69. The van der Waals surface area contributed by atoms with Crippen LogP contribution < -0.4 is 4.90 Å². The van der Waals surface area contributed by atoms with Crippen LogP contribution in [0.25, 0.3) is 50.1 Å². The summed E-state index contributed by atoms with van der Waals surface area (Å²) in [4.78, 5) is 2.49. The molecule has 1 nitrogen and oxygen atoms in total. The van der Waals surface area contributed by atoms with Gasteiger partial charge in [0.05, 0.1) is 10.8 Å². The number of fused-ring (bicyclic) bond motifs is 17. The van der Waals surface area contributed by atoms with E-state index >= 15 is 0 Å². The molecule has 0 unspecified atom stereocenters. The van der Waals surface area contributed by atoms with Crippen LogP contribution in [0.4, 0.5) is 17.1 Å². The first-order chi connectivity index (χ1) is 31.7. The van der Waals surface area contributed by atoms with Gasteiger partial charge in [-0.3, -0.25) is 0 Å². The summed E-state index contributed by atoms with van der Waals surface area (Å²) >= 11 is 0. The second-order valence-electron chi connectivity index (χ2n) is 17.5. The van der Waals surface area contributed by atoms with Crippen LogP contribution in [0.3, 0.4) is 0 Å². The Morgan fingerprint density at radius 3 is 1.20 bits per heavy atom. The van der Waals surface area contributed by atoms with E-state index in [0.717, 1.165) is 17.1 Å². The van der Waals surface area contributed by atoms with E-state index in [4.69, 9.17) is 0 Å². The third-order valence-corrected chi connectivity index (χ3v) is 14.6. The average Bonchev–Trinajstić information content (AvgIpc) is 4.03. The van der Waals surface area contributed by atoms with E-state index in [0.29, 0.717) is 0 Å². The summed E-state index contributed by atoms with van der Waals surface area (Å²) in [5.41, 5.74) is 25.4. The predicted octanol–water partition coefficient (Wildman–Crippen LogP) is 16.0. The van der Waals surface area contributed by atoms with Gasteiger partial charge in [-0.25, -0.2) is 0 Å². The lowest BCUT2D eigenvalue weighted by molar-refractivity contribution is 0.786. The fourth-order valence-electron chi connectivity index (χ4n) is 12.2. The van der Waals surface area contributed by atoms with Crippen molar-refractivity contribution in [1.82, 2.24) is 0 Å². The largest absolute Gasteiger partial charge is 0.310 e. The van der Waals surface area contributed by atoms with E-state index < -0.39 is 10.8 Å². The van der Waals surface area contributed by atoms with Crippen LogP contribution in [0.5, 0.6) is 0 Å². The smallest absolute Gasteiger partial charge is 0.0726 e. The Morgan fingerprint density at radius 2 is 0.734 bits per heavy atom. The van der Waals surface area contributed by atoms with Crippen LogP contribution in [0.1, 0.15) is 51.4 Å². The zero-order chi connectivity index (χ0) is 42.6. The highest BCUT2D eigenvalue weighted by atomic mass is 15.1. The van der Waals surface area contributed by atoms with Gasteiger partial charge in [0.1, 0.15) is 0 Å². The van der Waals surface area contributed by atoms with Crippen molar-refractivity contribution in [2.24, 2.45) is 0 Å². The summed E-state index contributed by atoms with van der Waals surface area (Å²) in [5, 5.41) is 0. The third-order valence-electron chi connectivity index (χ3n) is 14.6. The van der Waals surface area contributed by atoms with E-state index in [1.165, 1.54) is 100 Å². The minimum absolute atomic E-state index is 0.457. The second-order valence-corrected chi connectivity index (χ2v) is 17.5. The van der Waals surface area contributed by atoms with Crippen molar-refractivity contribution in [3.8, 4) is 44.5 Å². The molecular formula is C63H43N. The zero-order valence-corrected chi connectivity index (χ0v) is 35.6. The first kappa shape index (κ1) is 36.6. The molecule has 64 heavy (non-hydrogen) atoms. The molecule has 0 fully saturated rings. The highest BCUT2D eigenvalue weighted by Gasteiger charge is 2.53. The molecule has 1 heteroatoms. The second kappa shape index (κ2) is 13.8. The van der Waals surface area contributed by atoms with Crippen LogP contribution in [-0.4, -0.2) is 0 Å². The van der Waals surface area contributed by atoms with Crippen molar-refractivity contribution in [3.63, 3.8) is 0 Å². The number of anilines is 3. The summed E-state index contributed by atoms with van der Waals surface area (Å²) < 4.78 is 0. The van der Waals surface area contributed by atoms with Crippen molar-refractivity contribution in [2.45, 2.75) is 17.8 Å². The SMILES string of the molecule is C=CC1=C(/C=C\C)c2ccc(N(c3ccc(-c4ccccc4)cc3)c3ccc4c(c3)C3(c5ccccc5-c5ccccc53)c3ccccc3-4)cc2C12c1ccccc1-c1ccccc12. The number of nitrogens with zero attached hydrogens (tertiary/aromatic N) is 1. The van der Waals surface area contributed by atoms with Gasteiger partial charge in [0, 0.05) is 17.1 Å². The number of allylic oxidation sites excluding steroid dienone is 5. The number of rotatable bonds is 6. The Kier molecular flexibility index (Phi) is 7.87. The van der Waals surface area contributed by atoms with Gasteiger partial charge in [-0.15, -0.1) is 0 Å². The van der Waals surface area contributed by atoms with Gasteiger partial charge in [-0.1, -0.05) is 201 Å². The Bertz CT molecular complexity index is 3360. The quantitative estimate of drug-likeness (QED) is 0.162. The van der Waals surface area contributed by atoms with Crippen LogP contribution >= 0.6 is 0 Å². The Hall–Kier alpha value is -8.00. The van der Waals surface area contributed by atoms with Gasteiger partial charge in [-0.05, 0) is 143 Å². The molecule has 4 aliphatic rings. The van der Waals surface area contributed by atoms with Gasteiger partial charge in [-0.2, -0.15) is 0 Å². The molecular weight excluding hydrogens is 771 g/mol. The average molecular weight is 814 g/mol. The summed E-state index contributed by atoms with van der Waals surface area (Å²) in [7, 11) is 0. The number of hydrogen-bond acceptors (Lipinski definition) is 1. The molecule has 0 bridgehead atoms. The molecule has 9 aromatic rings. The molecule has 0 radical (unpaired) electrons. The number of benzene rings is 9. The lowest BCUT2D eigenvalue weighted by Gasteiger charge is -2.34. The molecule has 0 aliphatic heterocycles. The summed E-state index contributed by atoms with van der Waals surface area (Å²) in [6.07, 6.45) is 6.56. The van der Waals surface area contributed by atoms with Crippen molar-refractivity contribution in [1.29, 1.82) is 0 Å². The van der Waals surface area contributed by atoms with E-state index in [9.17, 15) is 0 Å². The maximum Gasteiger partial charge on any atom is 0.0726 e. The van der Waals surface area contributed by atoms with E-state index in [2.05, 4.69) is 249 Å². The molecule has 4 aliphatic carbocycles. The summed E-state index contributed by atoms with van der Waals surface area (Å²) in [6, 6.07) is 79.4. The molecule has 0 heterocycles. The highest BCUT2D eigenvalue weighted by Crippen LogP contribution is 2.65. The van der Waals surface area contributed by atoms with Crippen molar-refractivity contribution in [2.75, 3.05) is 4.90 Å². The standard InChI is InChI=1S/C63H43N/c1-3-18-46-52-37-35-44(39-60(52)62(54(46)4-2)55-26-13-8-21-47(55)48-22-9-14-27-56(48)62)64(43-33-31-42(32-34-43)41-19-6-5-7-20-41)45-36-38-53-51-25-12-17-30-59(51)63(61(53)40-45)57-28-15-10-23-49(57)50-24-11-16-29-58(50)63/h3-40H,2H2,1H3/b18-3-. The Morgan fingerprint density at radius 1 is 0.359 bits per heavy atom. The fraction of sp³-hybridized carbons (Fsp3) is 0.0476. The molecule has 0 aromatic heterocycles. The molecule has 0 amide bonds. The van der Waals surface area contributed by atoms with Crippen LogP contribution in [0.15, 0.2) is 243 Å². The fourth-order valence-corrected chi connectivity index (χ4v) is 12.2. The maximum absolute atomic E-state index is 4.52. The lowest BCUT2D eigenvalue weighted by Crippen LogP contribution is -2.27. The van der Waals surface area contributed by atoms with E-state index in [-0.39, 0.29) is 0 Å². The van der Waals surface area contributed by atoms with Crippen molar-refractivity contribution < 1.29 is 0 Å². The van der Waals surface area contributed by atoms with Gasteiger partial charge < -0.3 is 4.90 Å². The van der Waals surface area contributed by atoms with E-state index in [1.54, 1.807) is 0 Å². The third kappa shape index (κ3) is 4.68. The molecule has 0 atom stereocenters. The number of hydrogen-bond donors (Lipinski definition) is 0. The van der Waals surface area contributed by atoms with Gasteiger partial charge in [0.15, 0.2) is 0 Å². The molecule has 0 N–H and O–H groups in total. The highest BCUT2D eigenvalue weighted by molar-refractivity contribution is 6.00. The Labute approximate surface area is 375 Å². The molecule has 9 aromatic carbocycles. The van der Waals surface area contributed by atoms with Gasteiger partial charge >= 0.3 is 0 Å². The molecule has 2 spiro atoms. The van der Waals surface area contributed by atoms with Crippen LogP contribution in [0, 0.1) is 0 Å². The summed E-state index contributed by atoms with van der Waals surface area (Å²) in [6.45, 7) is 6.64. The first-order valence-electron chi connectivity index (χ1n) is 22.4. The molecule has 13 rings (SSSR count). The first-order valence-corrected chi connectivity index (χ1v) is 22.4. The maximum atomic E-state index is 4.52. The predicted molar refractivity (Wildman–Crippen MR) is 267 cm³/mol. The Balaban J connectivity index is 1.08. The van der Waals surface area contributed by atoms with Gasteiger partial charge in [0.25, 0.3) is 0 Å². The molecule has 0 saturated carbocycles.